The lowest BCUT2D eigenvalue weighted by Gasteiger charge is -2.21. The minimum absolute atomic E-state index is 0.00545. The molecule has 136 valence electrons. The highest BCUT2D eigenvalue weighted by molar-refractivity contribution is 6.30. The van der Waals surface area contributed by atoms with Gasteiger partial charge in [0.05, 0.1) is 16.8 Å². The first-order valence-electron chi connectivity index (χ1n) is 9.01. The molecule has 0 bridgehead atoms. The Morgan fingerprint density at radius 2 is 1.85 bits per heavy atom. The van der Waals surface area contributed by atoms with Gasteiger partial charge in [-0.05, 0) is 43.5 Å². The summed E-state index contributed by atoms with van der Waals surface area (Å²) >= 11 is 5.97. The van der Waals surface area contributed by atoms with Gasteiger partial charge in [0.25, 0.3) is 0 Å². The summed E-state index contributed by atoms with van der Waals surface area (Å²) in [6.07, 6.45) is 2.20. The number of para-hydroxylation sites is 1. The molecule has 1 aliphatic rings. The van der Waals surface area contributed by atoms with Gasteiger partial charge < -0.3 is 4.74 Å². The lowest BCUT2D eigenvalue weighted by Crippen LogP contribution is -2.30. The molecule has 1 atom stereocenters. The number of pyridine rings is 1. The number of benzene rings is 2. The molecule has 5 heteroatoms. The molecule has 1 aliphatic carbocycles. The van der Waals surface area contributed by atoms with Gasteiger partial charge in [0.2, 0.25) is 0 Å². The van der Waals surface area contributed by atoms with Gasteiger partial charge in [-0.3, -0.25) is 4.79 Å². The Balaban J connectivity index is 1.75. The second-order valence-electron chi connectivity index (χ2n) is 6.69. The van der Waals surface area contributed by atoms with Crippen molar-refractivity contribution in [2.45, 2.75) is 31.8 Å². The number of halogens is 1. The molecule has 1 aromatic heterocycles. The fourth-order valence-electron chi connectivity index (χ4n) is 3.38. The van der Waals surface area contributed by atoms with Gasteiger partial charge in [-0.2, -0.15) is 0 Å². The van der Waals surface area contributed by atoms with Crippen LogP contribution in [-0.2, 0) is 9.53 Å². The topological polar surface area (TPSA) is 56.3 Å². The van der Waals surface area contributed by atoms with Gasteiger partial charge in [-0.1, -0.05) is 41.9 Å². The number of carbonyl (C=O) groups excluding carboxylic acids is 2. The Morgan fingerprint density at radius 1 is 1.07 bits per heavy atom. The van der Waals surface area contributed by atoms with Crippen molar-refractivity contribution >= 4 is 34.3 Å². The van der Waals surface area contributed by atoms with Crippen LogP contribution in [0.3, 0.4) is 0 Å². The molecule has 0 spiro atoms. The van der Waals surface area contributed by atoms with E-state index < -0.39 is 12.1 Å². The lowest BCUT2D eigenvalue weighted by atomic mass is 9.96. The van der Waals surface area contributed by atoms with Crippen LogP contribution >= 0.6 is 11.6 Å². The van der Waals surface area contributed by atoms with Crippen LogP contribution in [0.2, 0.25) is 5.02 Å². The molecule has 1 fully saturated rings. The van der Waals surface area contributed by atoms with Crippen molar-refractivity contribution in [3.8, 4) is 11.3 Å². The van der Waals surface area contributed by atoms with Crippen molar-refractivity contribution in [1.29, 1.82) is 0 Å². The first kappa shape index (κ1) is 17.7. The average molecular weight is 380 g/mol. The van der Waals surface area contributed by atoms with E-state index in [1.165, 1.54) is 0 Å². The van der Waals surface area contributed by atoms with Crippen molar-refractivity contribution in [3.05, 3.63) is 65.2 Å². The van der Waals surface area contributed by atoms with E-state index in [4.69, 9.17) is 16.3 Å². The monoisotopic (exact) mass is 379 g/mol. The van der Waals surface area contributed by atoms with Crippen molar-refractivity contribution in [1.82, 2.24) is 4.98 Å². The number of esters is 1. The van der Waals surface area contributed by atoms with Crippen molar-refractivity contribution in [2.75, 3.05) is 0 Å². The van der Waals surface area contributed by atoms with Crippen molar-refractivity contribution in [2.24, 2.45) is 0 Å². The van der Waals surface area contributed by atoms with E-state index in [1.54, 1.807) is 18.2 Å². The molecule has 0 saturated heterocycles. The van der Waals surface area contributed by atoms with E-state index >= 15 is 0 Å². The van der Waals surface area contributed by atoms with E-state index in [1.807, 2.05) is 36.4 Å². The Hall–Kier alpha value is -2.72. The van der Waals surface area contributed by atoms with Crippen LogP contribution in [0.25, 0.3) is 22.2 Å². The largest absolute Gasteiger partial charge is 0.451 e. The number of ether oxygens (including phenoxy) is 1. The first-order valence-corrected chi connectivity index (χ1v) is 9.39. The van der Waals surface area contributed by atoms with Crippen molar-refractivity contribution in [3.63, 3.8) is 0 Å². The number of nitrogens with zero attached hydrogens (tertiary/aromatic N) is 1. The van der Waals surface area contributed by atoms with E-state index in [2.05, 4.69) is 4.98 Å². The fourth-order valence-corrected chi connectivity index (χ4v) is 3.51. The first-order chi connectivity index (χ1) is 13.1. The molecule has 4 rings (SSSR count). The molecule has 3 aromatic rings. The molecule has 1 heterocycles. The van der Waals surface area contributed by atoms with Crippen LogP contribution in [0.1, 0.15) is 36.0 Å². The molecule has 0 radical (unpaired) electrons. The van der Waals surface area contributed by atoms with E-state index in [0.29, 0.717) is 40.0 Å². The molecule has 0 N–H and O–H groups in total. The molecule has 0 amide bonds. The van der Waals surface area contributed by atoms with Crippen LogP contribution in [0.5, 0.6) is 0 Å². The molecule has 1 saturated carbocycles. The Kier molecular flexibility index (Phi) is 4.90. The highest BCUT2D eigenvalue weighted by atomic mass is 35.5. The van der Waals surface area contributed by atoms with Crippen LogP contribution in [0, 0.1) is 0 Å². The second-order valence-corrected chi connectivity index (χ2v) is 7.12. The summed E-state index contributed by atoms with van der Waals surface area (Å²) < 4.78 is 5.57. The number of rotatable bonds is 3. The van der Waals surface area contributed by atoms with Gasteiger partial charge in [-0.15, -0.1) is 0 Å². The Bertz CT molecular complexity index is 1010. The van der Waals surface area contributed by atoms with Crippen LogP contribution < -0.4 is 0 Å². The molecule has 1 unspecified atom stereocenters. The standard InChI is InChI=1S/C22H18ClNO3/c23-15-11-9-14(10-12-15)19-13-17(16-5-1-2-6-18(16)24-19)22(26)27-21-8-4-3-7-20(21)25/h1-2,5-6,9-13,21H,3-4,7-8H2. The van der Waals surface area contributed by atoms with Crippen LogP contribution in [0.4, 0.5) is 0 Å². The molecular weight excluding hydrogens is 362 g/mol. The Labute approximate surface area is 162 Å². The molecular formula is C22H18ClNO3. The zero-order valence-corrected chi connectivity index (χ0v) is 15.4. The van der Waals surface area contributed by atoms with Gasteiger partial charge in [-0.25, -0.2) is 9.78 Å². The quantitative estimate of drug-likeness (QED) is 0.585. The van der Waals surface area contributed by atoms with E-state index in [9.17, 15) is 9.59 Å². The summed E-state index contributed by atoms with van der Waals surface area (Å²) in [7, 11) is 0. The molecule has 27 heavy (non-hydrogen) atoms. The van der Waals surface area contributed by atoms with Gasteiger partial charge >= 0.3 is 5.97 Å². The maximum Gasteiger partial charge on any atom is 0.339 e. The lowest BCUT2D eigenvalue weighted by molar-refractivity contribution is -0.129. The summed E-state index contributed by atoms with van der Waals surface area (Å²) in [6.45, 7) is 0. The minimum Gasteiger partial charge on any atom is -0.451 e. The third-order valence-electron chi connectivity index (χ3n) is 4.82. The number of fused-ring (bicyclic) bond motifs is 1. The number of ketones is 1. The van der Waals surface area contributed by atoms with Gasteiger partial charge in [0, 0.05) is 22.4 Å². The summed E-state index contributed by atoms with van der Waals surface area (Å²) in [5.41, 5.74) is 2.64. The predicted molar refractivity (Wildman–Crippen MR) is 105 cm³/mol. The SMILES string of the molecule is O=C(OC1CCCCC1=O)c1cc(-c2ccc(Cl)cc2)nc2ccccc12. The normalized spacial score (nSPS) is 17.1. The van der Waals surface area contributed by atoms with Gasteiger partial charge in [0.1, 0.15) is 0 Å². The molecule has 0 aliphatic heterocycles. The summed E-state index contributed by atoms with van der Waals surface area (Å²) in [5, 5.41) is 1.35. The molecule has 2 aromatic carbocycles. The Morgan fingerprint density at radius 3 is 2.63 bits per heavy atom. The van der Waals surface area contributed by atoms with E-state index in [0.717, 1.165) is 18.4 Å². The maximum absolute atomic E-state index is 12.9. The third kappa shape index (κ3) is 3.71. The number of aromatic nitrogens is 1. The maximum atomic E-state index is 12.9. The predicted octanol–water partition coefficient (Wildman–Crippen LogP) is 5.22. The number of carbonyl (C=O) groups is 2. The smallest absolute Gasteiger partial charge is 0.339 e. The van der Waals surface area contributed by atoms with Crippen molar-refractivity contribution < 1.29 is 14.3 Å². The fraction of sp³-hybridized carbons (Fsp3) is 0.227. The summed E-state index contributed by atoms with van der Waals surface area (Å²) in [4.78, 5) is 29.6. The van der Waals surface area contributed by atoms with E-state index in [-0.39, 0.29) is 5.78 Å². The zero-order chi connectivity index (χ0) is 18.8. The highest BCUT2D eigenvalue weighted by Gasteiger charge is 2.27. The second kappa shape index (κ2) is 7.49. The minimum atomic E-state index is -0.642. The average Bonchev–Trinajstić information content (AvgIpc) is 2.69. The highest BCUT2D eigenvalue weighted by Crippen LogP contribution is 2.27. The van der Waals surface area contributed by atoms with Crippen LogP contribution in [-0.4, -0.2) is 22.8 Å². The summed E-state index contributed by atoms with van der Waals surface area (Å²) in [5.74, 6) is -0.477. The summed E-state index contributed by atoms with van der Waals surface area (Å²) in [6, 6.07) is 16.4. The zero-order valence-electron chi connectivity index (χ0n) is 14.7. The van der Waals surface area contributed by atoms with Gasteiger partial charge in [0.15, 0.2) is 11.9 Å². The number of Topliss-reactive ketones (excluding diaryl/α,β-unsaturated/α-hetero) is 1. The van der Waals surface area contributed by atoms with Crippen LogP contribution in [0.15, 0.2) is 54.6 Å². The molecule has 4 nitrogen and oxygen atoms in total. The third-order valence-corrected chi connectivity index (χ3v) is 5.08. The number of hydrogen-bond acceptors (Lipinski definition) is 4. The number of hydrogen-bond donors (Lipinski definition) is 0.